The van der Waals surface area contributed by atoms with E-state index in [1.807, 2.05) is 67.3 Å². The summed E-state index contributed by atoms with van der Waals surface area (Å²) < 4.78 is 86.8. The Morgan fingerprint density at radius 2 is 0.851 bits per heavy atom. The molecule has 0 saturated carbocycles. The summed E-state index contributed by atoms with van der Waals surface area (Å²) in [6.07, 6.45) is 0. The van der Waals surface area contributed by atoms with Crippen LogP contribution in [0.1, 0.15) is 47.1 Å². The van der Waals surface area contributed by atoms with Gasteiger partial charge in [0.05, 0.1) is 0 Å². The first-order chi connectivity index (χ1) is 21.8. The average Bonchev–Trinajstić information content (AvgIpc) is 2.99. The molecule has 0 aliphatic rings. The molecule has 11 nitrogen and oxygen atoms in total. The van der Waals surface area contributed by atoms with Gasteiger partial charge >= 0.3 is 0 Å². The maximum absolute atomic E-state index is 12.4. The Hall–Kier alpha value is -4.56. The molecule has 0 aliphatic heterocycles. The van der Waals surface area contributed by atoms with Crippen LogP contribution in [0.2, 0.25) is 0 Å². The van der Waals surface area contributed by atoms with Gasteiger partial charge in [0.2, 0.25) is 0 Å². The number of ether oxygens (including phenoxy) is 3. The fourth-order valence-corrected chi connectivity index (χ4v) is 5.66. The predicted molar refractivity (Wildman–Crippen MR) is 178 cm³/mol. The van der Waals surface area contributed by atoms with Crippen LogP contribution in [0, 0.1) is 0 Å². The molecule has 4 rings (SSSR count). The molecule has 0 spiro atoms. The second-order valence-electron chi connectivity index (χ2n) is 11.9. The monoisotopic (exact) mass is 686 g/mol. The van der Waals surface area contributed by atoms with Gasteiger partial charge in [0, 0.05) is 17.2 Å². The van der Waals surface area contributed by atoms with Crippen LogP contribution in [0.25, 0.3) is 11.1 Å². The number of carbonyl (C=O) groups excluding carboxylic acids is 2. The highest BCUT2D eigenvalue weighted by molar-refractivity contribution is 7.86. The van der Waals surface area contributed by atoms with Gasteiger partial charge < -0.3 is 23.8 Å². The highest BCUT2D eigenvalue weighted by atomic mass is 32.2. The van der Waals surface area contributed by atoms with Crippen LogP contribution in [-0.2, 0) is 35.2 Å². The van der Waals surface area contributed by atoms with E-state index in [2.05, 4.69) is 0 Å². The lowest BCUT2D eigenvalue weighted by atomic mass is 9.86. The van der Waals surface area contributed by atoms with Crippen molar-refractivity contribution in [2.45, 2.75) is 62.3 Å². The second-order valence-corrected chi connectivity index (χ2v) is 14.7. The van der Waals surface area contributed by atoms with Gasteiger partial charge in [-0.05, 0) is 98.5 Å². The van der Waals surface area contributed by atoms with Crippen LogP contribution >= 0.6 is 0 Å². The first kappa shape index (κ1) is 38.6. The number of benzene rings is 4. The van der Waals surface area contributed by atoms with E-state index in [4.69, 9.17) is 23.8 Å². The number of hydrogen-bond donors (Lipinski definition) is 2. The zero-order chi connectivity index (χ0) is 35.8. The fraction of sp³-hybridized carbons (Fsp3) is 0.235. The van der Waals surface area contributed by atoms with Gasteiger partial charge in [-0.25, -0.2) is 0 Å². The number of hydrogen-bond acceptors (Lipinski definition) is 9. The maximum Gasteiger partial charge on any atom is 0.295 e. The van der Waals surface area contributed by atoms with Crippen molar-refractivity contribution < 1.29 is 49.7 Å². The zero-order valence-corrected chi connectivity index (χ0v) is 28.5. The third-order valence-electron chi connectivity index (χ3n) is 6.19. The van der Waals surface area contributed by atoms with Crippen LogP contribution < -0.4 is 14.2 Å². The first-order valence-electron chi connectivity index (χ1n) is 13.9. The molecular weight excluding hydrogens is 648 g/mol. The van der Waals surface area contributed by atoms with Gasteiger partial charge in [0.25, 0.3) is 20.2 Å². The summed E-state index contributed by atoms with van der Waals surface area (Å²) in [5.41, 5.74) is -0.370. The molecule has 0 radical (unpaired) electrons. The van der Waals surface area contributed by atoms with Gasteiger partial charge in [0.1, 0.15) is 57.7 Å². The van der Waals surface area contributed by atoms with E-state index in [9.17, 15) is 25.9 Å². The first-order valence-corrected chi connectivity index (χ1v) is 16.7. The molecule has 0 heterocycles. The summed E-state index contributed by atoms with van der Waals surface area (Å²) in [4.78, 5) is 14.9. The summed E-state index contributed by atoms with van der Waals surface area (Å²) in [5.74, 6) is 2.27. The van der Waals surface area contributed by atoms with E-state index >= 15 is 0 Å². The molecular formula is C34H38O11S2. The summed E-state index contributed by atoms with van der Waals surface area (Å²) in [6.45, 7) is 15.5. The maximum atomic E-state index is 12.4. The average molecular weight is 687 g/mol. The molecule has 0 aliphatic carbocycles. The summed E-state index contributed by atoms with van der Waals surface area (Å²) in [7, 11) is -9.58. The molecule has 13 heteroatoms. The molecule has 0 bridgehead atoms. The van der Waals surface area contributed by atoms with Gasteiger partial charge in [0.15, 0.2) is 0 Å². The van der Waals surface area contributed by atoms with E-state index in [-0.39, 0.29) is 22.5 Å². The summed E-state index contributed by atoms with van der Waals surface area (Å²) >= 11 is 0. The number of carbonyl (C=O) groups is 2. The minimum atomic E-state index is -4.84. The SMILES string of the molecule is C=O.C=O.CC(C)(C)Oc1ccc(Oc2ccc(Oc3ccc(-c4ccc(C(C)(C)C)cc4S(=O)(=O)O)c(S(=O)(=O)O)c3)cc2)cc1. The third kappa shape index (κ3) is 11.0. The molecule has 47 heavy (non-hydrogen) atoms. The minimum absolute atomic E-state index is 0.0687. The van der Waals surface area contributed by atoms with E-state index in [1.165, 1.54) is 24.3 Å². The lowest BCUT2D eigenvalue weighted by Gasteiger charge is -2.21. The van der Waals surface area contributed by atoms with Crippen LogP contribution in [0.15, 0.2) is 94.7 Å². The summed E-state index contributed by atoms with van der Waals surface area (Å²) in [5, 5.41) is 0. The van der Waals surface area contributed by atoms with Crippen molar-refractivity contribution in [3.63, 3.8) is 0 Å². The molecule has 0 unspecified atom stereocenters. The molecule has 0 saturated heterocycles. The lowest BCUT2D eigenvalue weighted by molar-refractivity contribution is -0.0987. The highest BCUT2D eigenvalue weighted by Crippen LogP contribution is 2.38. The van der Waals surface area contributed by atoms with Gasteiger partial charge in [-0.3, -0.25) is 9.11 Å². The van der Waals surface area contributed by atoms with Crippen molar-refractivity contribution >= 4 is 33.8 Å². The highest BCUT2D eigenvalue weighted by Gasteiger charge is 2.26. The molecule has 0 aromatic heterocycles. The molecule has 0 fully saturated rings. The van der Waals surface area contributed by atoms with E-state index in [0.29, 0.717) is 22.8 Å². The minimum Gasteiger partial charge on any atom is -0.488 e. The van der Waals surface area contributed by atoms with Crippen LogP contribution in [0.5, 0.6) is 28.7 Å². The van der Waals surface area contributed by atoms with Crippen molar-refractivity contribution in [1.29, 1.82) is 0 Å². The molecule has 4 aromatic rings. The van der Waals surface area contributed by atoms with Crippen molar-refractivity contribution in [2.75, 3.05) is 0 Å². The van der Waals surface area contributed by atoms with E-state index in [1.54, 1.807) is 42.5 Å². The van der Waals surface area contributed by atoms with Crippen LogP contribution in [0.3, 0.4) is 0 Å². The fourth-order valence-electron chi connectivity index (χ4n) is 4.20. The Morgan fingerprint density at radius 1 is 0.511 bits per heavy atom. The van der Waals surface area contributed by atoms with Crippen LogP contribution in [0.4, 0.5) is 0 Å². The lowest BCUT2D eigenvalue weighted by Crippen LogP contribution is -2.22. The predicted octanol–water partition coefficient (Wildman–Crippen LogP) is 7.54. The standard InChI is InChI=1S/C32H34O9S2.2CH2O/c1-31(2,3)21-7-17-27(29(19-21)42(33,34)35)28-18-16-26(20-30(28)43(36,37)38)40-24-10-8-22(9-11-24)39-23-12-14-25(15-13-23)41-32(4,5)6;2*1-2/h7-20H,1-6H3,(H,33,34,35)(H,36,37,38);2*1H2. The second kappa shape index (κ2) is 15.4. The molecule has 4 aromatic carbocycles. The molecule has 2 N–H and O–H groups in total. The Balaban J connectivity index is 0.00000185. The van der Waals surface area contributed by atoms with E-state index in [0.717, 1.165) is 11.8 Å². The van der Waals surface area contributed by atoms with Crippen molar-refractivity contribution in [1.82, 2.24) is 0 Å². The van der Waals surface area contributed by atoms with Gasteiger partial charge in [-0.15, -0.1) is 0 Å². The molecule has 0 atom stereocenters. The molecule has 0 amide bonds. The molecule has 252 valence electrons. The largest absolute Gasteiger partial charge is 0.488 e. The van der Waals surface area contributed by atoms with E-state index < -0.39 is 35.4 Å². The Morgan fingerprint density at radius 3 is 1.23 bits per heavy atom. The quantitative estimate of drug-likeness (QED) is 0.176. The van der Waals surface area contributed by atoms with Crippen LogP contribution in [-0.4, -0.2) is 45.1 Å². The van der Waals surface area contributed by atoms with Crippen molar-refractivity contribution in [3.05, 3.63) is 90.5 Å². The zero-order valence-electron chi connectivity index (χ0n) is 26.9. The van der Waals surface area contributed by atoms with Gasteiger partial charge in [-0.1, -0.05) is 32.9 Å². The Bertz CT molecular complexity index is 1870. The third-order valence-corrected chi connectivity index (χ3v) is 7.98. The number of rotatable bonds is 8. The van der Waals surface area contributed by atoms with Crippen molar-refractivity contribution in [2.24, 2.45) is 0 Å². The normalized spacial score (nSPS) is 11.7. The van der Waals surface area contributed by atoms with Gasteiger partial charge in [-0.2, -0.15) is 16.8 Å². The van der Waals surface area contributed by atoms with Crippen molar-refractivity contribution in [3.8, 4) is 39.9 Å². The topological polar surface area (TPSA) is 171 Å². The Labute approximate surface area is 275 Å². The smallest absolute Gasteiger partial charge is 0.295 e. The summed E-state index contributed by atoms with van der Waals surface area (Å²) in [6, 6.07) is 21.9. The Kier molecular flexibility index (Phi) is 12.6.